The maximum Gasteiger partial charge on any atom is 0.387 e. The second kappa shape index (κ2) is 11.9. The summed E-state index contributed by atoms with van der Waals surface area (Å²) >= 11 is 1.24. The van der Waals surface area contributed by atoms with Crippen LogP contribution in [0.15, 0.2) is 53.7 Å². The smallest absolute Gasteiger partial charge is 0.387 e. The molecule has 0 bridgehead atoms. The van der Waals surface area contributed by atoms with Gasteiger partial charge in [0.05, 0.1) is 11.8 Å². The van der Waals surface area contributed by atoms with Crippen molar-refractivity contribution in [3.8, 4) is 11.4 Å². The van der Waals surface area contributed by atoms with E-state index in [4.69, 9.17) is 0 Å². The van der Waals surface area contributed by atoms with Crippen LogP contribution in [0.25, 0.3) is 5.69 Å². The van der Waals surface area contributed by atoms with Crippen molar-refractivity contribution >= 4 is 17.7 Å². The van der Waals surface area contributed by atoms with E-state index >= 15 is 0 Å². The Morgan fingerprint density at radius 3 is 2.41 bits per heavy atom. The average Bonchev–Trinajstić information content (AvgIpc) is 3.22. The number of aromatic nitrogens is 3. The van der Waals surface area contributed by atoms with Crippen LogP contribution in [0.2, 0.25) is 0 Å². The fourth-order valence-corrected chi connectivity index (χ4v) is 3.86. The second-order valence-electron chi connectivity index (χ2n) is 7.70. The van der Waals surface area contributed by atoms with Gasteiger partial charge in [-0.1, -0.05) is 23.9 Å². The number of alkyl halides is 2. The van der Waals surface area contributed by atoms with E-state index in [0.29, 0.717) is 29.6 Å². The molecule has 1 atom stereocenters. The molecule has 0 radical (unpaired) electrons. The van der Waals surface area contributed by atoms with Gasteiger partial charge in [-0.2, -0.15) is 8.78 Å². The van der Waals surface area contributed by atoms with Crippen molar-refractivity contribution in [1.82, 2.24) is 25.0 Å². The van der Waals surface area contributed by atoms with Crippen LogP contribution in [0.3, 0.4) is 0 Å². The van der Waals surface area contributed by atoms with E-state index in [-0.39, 0.29) is 29.3 Å². The fraction of sp³-hybridized carbons (Fsp3) is 0.348. The Bertz CT molecular complexity index is 1080. The first kappa shape index (κ1) is 25.6. The molecule has 1 amide bonds. The van der Waals surface area contributed by atoms with Crippen molar-refractivity contribution in [2.45, 2.75) is 31.2 Å². The minimum absolute atomic E-state index is 0.0572. The number of ether oxygens (including phenoxy) is 1. The lowest BCUT2D eigenvalue weighted by molar-refractivity contribution is -0.118. The van der Waals surface area contributed by atoms with Gasteiger partial charge in [-0.15, -0.1) is 10.2 Å². The highest BCUT2D eigenvalue weighted by molar-refractivity contribution is 7.99. The second-order valence-corrected chi connectivity index (χ2v) is 8.65. The van der Waals surface area contributed by atoms with E-state index in [1.54, 1.807) is 24.3 Å². The quantitative estimate of drug-likeness (QED) is 0.406. The lowest BCUT2D eigenvalue weighted by Gasteiger charge is -2.20. The fourth-order valence-electron chi connectivity index (χ4n) is 3.07. The van der Waals surface area contributed by atoms with Crippen molar-refractivity contribution in [2.75, 3.05) is 26.4 Å². The van der Waals surface area contributed by atoms with Gasteiger partial charge in [0.1, 0.15) is 11.6 Å². The third-order valence-electron chi connectivity index (χ3n) is 5.11. The molecule has 0 saturated carbocycles. The molecule has 1 aromatic heterocycles. The molecule has 11 heteroatoms. The number of nitrogens with zero attached hydrogens (tertiary/aromatic N) is 4. The van der Waals surface area contributed by atoms with Gasteiger partial charge in [-0.25, -0.2) is 4.39 Å². The molecule has 0 aliphatic carbocycles. The first-order valence-corrected chi connectivity index (χ1v) is 11.5. The average molecular weight is 494 g/mol. The van der Waals surface area contributed by atoms with E-state index < -0.39 is 6.61 Å². The Labute approximate surface area is 200 Å². The SMILES string of the molecule is CC(c1nnc(SCC(=O)NCCc2ccc(OC(F)F)cc2)n1-c1ccc(F)cc1)N(C)C. The minimum Gasteiger partial charge on any atom is -0.435 e. The molecule has 7 nitrogen and oxygen atoms in total. The molecule has 1 unspecified atom stereocenters. The molecule has 1 N–H and O–H groups in total. The summed E-state index contributed by atoms with van der Waals surface area (Å²) in [7, 11) is 3.85. The Kier molecular flexibility index (Phi) is 8.94. The zero-order valence-corrected chi connectivity index (χ0v) is 19.9. The highest BCUT2D eigenvalue weighted by Crippen LogP contribution is 2.27. The molecule has 0 aliphatic rings. The van der Waals surface area contributed by atoms with Gasteiger partial charge in [0.2, 0.25) is 5.91 Å². The van der Waals surface area contributed by atoms with Crippen molar-refractivity contribution < 1.29 is 22.7 Å². The third kappa shape index (κ3) is 6.97. The topological polar surface area (TPSA) is 72.3 Å². The number of nitrogens with one attached hydrogen (secondary N) is 1. The molecule has 0 spiro atoms. The standard InChI is InChI=1S/C23H26F3N5O2S/c1-15(30(2)3)21-28-29-23(31(21)18-8-6-17(24)7-9-18)34-14-20(32)27-13-12-16-4-10-19(11-5-16)33-22(25)26/h4-11,15,22H,12-14H2,1-3H3,(H,27,32). The Morgan fingerprint density at radius 2 is 1.79 bits per heavy atom. The van der Waals surface area contributed by atoms with Crippen LogP contribution in [-0.4, -0.2) is 58.6 Å². The zero-order valence-electron chi connectivity index (χ0n) is 19.0. The number of rotatable bonds is 11. The largest absolute Gasteiger partial charge is 0.435 e. The van der Waals surface area contributed by atoms with E-state index in [1.165, 1.54) is 36.0 Å². The van der Waals surface area contributed by atoms with Crippen LogP contribution in [0.1, 0.15) is 24.4 Å². The van der Waals surface area contributed by atoms with Crippen molar-refractivity contribution in [2.24, 2.45) is 0 Å². The number of amides is 1. The predicted molar refractivity (Wildman–Crippen MR) is 124 cm³/mol. The van der Waals surface area contributed by atoms with Gasteiger partial charge in [0.25, 0.3) is 0 Å². The number of thioether (sulfide) groups is 1. The molecule has 0 aliphatic heterocycles. The highest BCUT2D eigenvalue weighted by Gasteiger charge is 2.21. The summed E-state index contributed by atoms with van der Waals surface area (Å²) in [6.07, 6.45) is 0.543. The molecule has 182 valence electrons. The predicted octanol–water partition coefficient (Wildman–Crippen LogP) is 4.08. The normalized spacial score (nSPS) is 12.2. The van der Waals surface area contributed by atoms with Gasteiger partial charge in [0.15, 0.2) is 11.0 Å². The summed E-state index contributed by atoms with van der Waals surface area (Å²) in [6.45, 7) is -0.488. The Hall–Kier alpha value is -3.05. The molecular weight excluding hydrogens is 467 g/mol. The summed E-state index contributed by atoms with van der Waals surface area (Å²) in [5, 5.41) is 11.9. The highest BCUT2D eigenvalue weighted by atomic mass is 32.2. The number of benzene rings is 2. The summed E-state index contributed by atoms with van der Waals surface area (Å²) in [4.78, 5) is 14.4. The summed E-state index contributed by atoms with van der Waals surface area (Å²) in [5.74, 6) is 0.366. The molecule has 34 heavy (non-hydrogen) atoms. The molecule has 3 rings (SSSR count). The third-order valence-corrected chi connectivity index (χ3v) is 6.04. The van der Waals surface area contributed by atoms with Gasteiger partial charge in [-0.05, 0) is 69.4 Å². The van der Waals surface area contributed by atoms with Gasteiger partial charge in [0, 0.05) is 12.2 Å². The van der Waals surface area contributed by atoms with Crippen molar-refractivity contribution in [1.29, 1.82) is 0 Å². The first-order valence-electron chi connectivity index (χ1n) is 10.6. The lowest BCUT2D eigenvalue weighted by Crippen LogP contribution is -2.27. The van der Waals surface area contributed by atoms with Crippen LogP contribution in [0, 0.1) is 5.82 Å². The lowest BCUT2D eigenvalue weighted by atomic mass is 10.1. The van der Waals surface area contributed by atoms with Gasteiger partial charge >= 0.3 is 6.61 Å². The monoisotopic (exact) mass is 493 g/mol. The molecule has 1 heterocycles. The number of hydrogen-bond acceptors (Lipinski definition) is 6. The Balaban J connectivity index is 1.59. The zero-order chi connectivity index (χ0) is 24.7. The maximum absolute atomic E-state index is 13.4. The summed E-state index contributed by atoms with van der Waals surface area (Å²) in [6, 6.07) is 12.3. The number of carbonyl (C=O) groups is 1. The number of carbonyl (C=O) groups excluding carboxylic acids is 1. The van der Waals surface area contributed by atoms with E-state index in [0.717, 1.165) is 5.56 Å². The minimum atomic E-state index is -2.86. The van der Waals surface area contributed by atoms with Gasteiger partial charge in [-0.3, -0.25) is 14.3 Å². The Morgan fingerprint density at radius 1 is 1.12 bits per heavy atom. The molecule has 0 fully saturated rings. The van der Waals surface area contributed by atoms with E-state index in [9.17, 15) is 18.0 Å². The number of halogens is 3. The van der Waals surface area contributed by atoms with Crippen LogP contribution < -0.4 is 10.1 Å². The molecule has 0 saturated heterocycles. The summed E-state index contributed by atoms with van der Waals surface area (Å²) in [5.41, 5.74) is 1.59. The van der Waals surface area contributed by atoms with Crippen LogP contribution in [0.5, 0.6) is 5.75 Å². The van der Waals surface area contributed by atoms with Crippen LogP contribution in [-0.2, 0) is 11.2 Å². The van der Waals surface area contributed by atoms with Crippen LogP contribution >= 0.6 is 11.8 Å². The first-order chi connectivity index (χ1) is 16.2. The van der Waals surface area contributed by atoms with Crippen LogP contribution in [0.4, 0.5) is 13.2 Å². The number of hydrogen-bond donors (Lipinski definition) is 1. The summed E-state index contributed by atoms with van der Waals surface area (Å²) < 4.78 is 44.0. The van der Waals surface area contributed by atoms with E-state index in [1.807, 2.05) is 30.5 Å². The van der Waals surface area contributed by atoms with Crippen molar-refractivity contribution in [3.05, 3.63) is 65.7 Å². The molecular formula is C23H26F3N5O2S. The maximum atomic E-state index is 13.4. The van der Waals surface area contributed by atoms with Crippen molar-refractivity contribution in [3.63, 3.8) is 0 Å². The van der Waals surface area contributed by atoms with E-state index in [2.05, 4.69) is 20.3 Å². The van der Waals surface area contributed by atoms with Gasteiger partial charge < -0.3 is 10.1 Å². The molecule has 2 aromatic carbocycles. The molecule has 3 aromatic rings.